The van der Waals surface area contributed by atoms with Gasteiger partial charge in [-0.2, -0.15) is 0 Å². The van der Waals surface area contributed by atoms with Crippen LogP contribution >= 0.6 is 11.3 Å². The summed E-state index contributed by atoms with van der Waals surface area (Å²) in [4.78, 5) is 10.7. The minimum atomic E-state index is -0.956. The van der Waals surface area contributed by atoms with Gasteiger partial charge in [-0.05, 0) is 34.9 Å². The van der Waals surface area contributed by atoms with Crippen LogP contribution < -0.4 is 5.73 Å². The van der Waals surface area contributed by atoms with Gasteiger partial charge in [0, 0.05) is 4.70 Å². The number of fused-ring (bicyclic) bond motifs is 1. The van der Waals surface area contributed by atoms with Crippen molar-refractivity contribution in [2.75, 3.05) is 0 Å². The number of nitrogens with two attached hydrogens (primary N) is 1. The Morgan fingerprint density at radius 1 is 1.47 bits per heavy atom. The van der Waals surface area contributed by atoms with Gasteiger partial charge in [0.2, 0.25) is 0 Å². The molecule has 15 heavy (non-hydrogen) atoms. The van der Waals surface area contributed by atoms with Gasteiger partial charge in [-0.25, -0.2) is 0 Å². The molecule has 78 valence electrons. The molecule has 3 N–H and O–H groups in total. The smallest absolute Gasteiger partial charge is 0.320 e. The van der Waals surface area contributed by atoms with Gasteiger partial charge in [-0.3, -0.25) is 4.79 Å². The number of aliphatic carboxylic acids is 1. The fourth-order valence-electron chi connectivity index (χ4n) is 1.56. The third kappa shape index (κ3) is 2.00. The number of carboxylic acids is 1. The lowest BCUT2D eigenvalue weighted by molar-refractivity contribution is -0.138. The lowest BCUT2D eigenvalue weighted by atomic mass is 10.0. The predicted octanol–water partition coefficient (Wildman–Crippen LogP) is 1.86. The van der Waals surface area contributed by atoms with E-state index in [2.05, 4.69) is 0 Å². The molecule has 0 aliphatic heterocycles. The molecular formula is C11H11NO2S. The lowest BCUT2D eigenvalue weighted by Gasteiger charge is -2.07. The second-order valence-corrected chi connectivity index (χ2v) is 4.35. The molecule has 2 rings (SSSR count). The SMILES string of the molecule is N[C@@H](Cc1cccc2sccc12)C(=O)O. The summed E-state index contributed by atoms with van der Waals surface area (Å²) in [6.07, 6.45) is 0.378. The van der Waals surface area contributed by atoms with Crippen LogP contribution in [0, 0.1) is 0 Å². The lowest BCUT2D eigenvalue weighted by Crippen LogP contribution is -2.32. The minimum Gasteiger partial charge on any atom is -0.480 e. The zero-order valence-electron chi connectivity index (χ0n) is 8.01. The van der Waals surface area contributed by atoms with Crippen LogP contribution in [0.25, 0.3) is 10.1 Å². The minimum absolute atomic E-state index is 0.378. The highest BCUT2D eigenvalue weighted by Crippen LogP contribution is 2.24. The van der Waals surface area contributed by atoms with Gasteiger partial charge >= 0.3 is 5.97 Å². The molecule has 0 unspecified atom stereocenters. The molecule has 0 saturated carbocycles. The van der Waals surface area contributed by atoms with Gasteiger partial charge < -0.3 is 10.8 Å². The Morgan fingerprint density at radius 2 is 2.27 bits per heavy atom. The van der Waals surface area contributed by atoms with Gasteiger partial charge in [0.15, 0.2) is 0 Å². The summed E-state index contributed by atoms with van der Waals surface area (Å²) in [7, 11) is 0. The number of thiophene rings is 1. The molecule has 3 nitrogen and oxygen atoms in total. The van der Waals surface area contributed by atoms with E-state index in [1.807, 2.05) is 29.6 Å². The molecule has 2 aromatic rings. The number of hydrogen-bond acceptors (Lipinski definition) is 3. The van der Waals surface area contributed by atoms with Crippen molar-refractivity contribution >= 4 is 27.4 Å². The second kappa shape index (κ2) is 4.00. The van der Waals surface area contributed by atoms with Crippen LogP contribution in [0.5, 0.6) is 0 Å². The molecule has 0 amide bonds. The maximum Gasteiger partial charge on any atom is 0.320 e. The number of hydrogen-bond donors (Lipinski definition) is 2. The largest absolute Gasteiger partial charge is 0.480 e. The van der Waals surface area contributed by atoms with E-state index in [0.717, 1.165) is 10.9 Å². The molecule has 1 aromatic carbocycles. The van der Waals surface area contributed by atoms with Crippen molar-refractivity contribution < 1.29 is 9.90 Å². The Morgan fingerprint density at radius 3 is 3.00 bits per heavy atom. The Bertz CT molecular complexity index is 492. The molecule has 0 radical (unpaired) electrons. The van der Waals surface area contributed by atoms with Crippen molar-refractivity contribution in [1.82, 2.24) is 0 Å². The van der Waals surface area contributed by atoms with Crippen molar-refractivity contribution in [3.8, 4) is 0 Å². The summed E-state index contributed by atoms with van der Waals surface area (Å²) in [5.41, 5.74) is 6.52. The van der Waals surface area contributed by atoms with Crippen LogP contribution in [-0.4, -0.2) is 17.1 Å². The zero-order valence-corrected chi connectivity index (χ0v) is 8.83. The molecule has 0 aliphatic rings. The highest BCUT2D eigenvalue weighted by Gasteiger charge is 2.13. The first-order valence-electron chi connectivity index (χ1n) is 4.62. The van der Waals surface area contributed by atoms with Crippen LogP contribution in [0.4, 0.5) is 0 Å². The molecular weight excluding hydrogens is 210 g/mol. The van der Waals surface area contributed by atoms with Gasteiger partial charge in [-0.1, -0.05) is 12.1 Å². The monoisotopic (exact) mass is 221 g/mol. The summed E-state index contributed by atoms with van der Waals surface area (Å²) < 4.78 is 1.17. The topological polar surface area (TPSA) is 63.3 Å². The van der Waals surface area contributed by atoms with Crippen molar-refractivity contribution in [2.45, 2.75) is 12.5 Å². The average Bonchev–Trinajstić information content (AvgIpc) is 2.66. The fraction of sp³-hybridized carbons (Fsp3) is 0.182. The fourth-order valence-corrected chi connectivity index (χ4v) is 2.39. The number of rotatable bonds is 3. The van der Waals surface area contributed by atoms with E-state index in [1.54, 1.807) is 11.3 Å². The Labute approximate surface area is 91.1 Å². The van der Waals surface area contributed by atoms with Crippen LogP contribution in [0.1, 0.15) is 5.56 Å². The second-order valence-electron chi connectivity index (χ2n) is 3.40. The quantitative estimate of drug-likeness (QED) is 0.831. The van der Waals surface area contributed by atoms with Gasteiger partial charge in [-0.15, -0.1) is 11.3 Å². The Balaban J connectivity index is 2.35. The number of benzene rings is 1. The van der Waals surface area contributed by atoms with Gasteiger partial charge in [0.05, 0.1) is 0 Å². The number of carboxylic acid groups (broad SMARTS) is 1. The number of carbonyl (C=O) groups is 1. The molecule has 4 heteroatoms. The third-order valence-corrected chi connectivity index (χ3v) is 3.23. The van der Waals surface area contributed by atoms with Crippen LogP contribution in [-0.2, 0) is 11.2 Å². The van der Waals surface area contributed by atoms with Gasteiger partial charge in [0.1, 0.15) is 6.04 Å². The Kier molecular flexibility index (Phi) is 2.70. The van der Waals surface area contributed by atoms with E-state index in [-0.39, 0.29) is 0 Å². The van der Waals surface area contributed by atoms with E-state index >= 15 is 0 Å². The summed E-state index contributed by atoms with van der Waals surface area (Å²) in [6.45, 7) is 0. The molecule has 0 bridgehead atoms. The summed E-state index contributed by atoms with van der Waals surface area (Å²) in [6, 6.07) is 7.07. The van der Waals surface area contributed by atoms with Crippen LogP contribution in [0.3, 0.4) is 0 Å². The summed E-state index contributed by atoms with van der Waals surface area (Å²) in [5, 5.41) is 11.9. The van der Waals surface area contributed by atoms with Crippen LogP contribution in [0.2, 0.25) is 0 Å². The van der Waals surface area contributed by atoms with E-state index in [4.69, 9.17) is 10.8 Å². The summed E-state index contributed by atoms with van der Waals surface area (Å²) in [5.74, 6) is -0.956. The van der Waals surface area contributed by atoms with E-state index in [0.29, 0.717) is 6.42 Å². The van der Waals surface area contributed by atoms with E-state index < -0.39 is 12.0 Å². The molecule has 0 saturated heterocycles. The first-order chi connectivity index (χ1) is 7.18. The maximum atomic E-state index is 10.7. The highest BCUT2D eigenvalue weighted by molar-refractivity contribution is 7.17. The van der Waals surface area contributed by atoms with Crippen LogP contribution in [0.15, 0.2) is 29.6 Å². The first-order valence-corrected chi connectivity index (χ1v) is 5.50. The maximum absolute atomic E-state index is 10.7. The highest BCUT2D eigenvalue weighted by atomic mass is 32.1. The molecule has 1 aromatic heterocycles. The van der Waals surface area contributed by atoms with Gasteiger partial charge in [0.25, 0.3) is 0 Å². The van der Waals surface area contributed by atoms with Crippen molar-refractivity contribution in [3.63, 3.8) is 0 Å². The zero-order chi connectivity index (χ0) is 10.8. The molecule has 0 spiro atoms. The van der Waals surface area contributed by atoms with Crippen molar-refractivity contribution in [3.05, 3.63) is 35.2 Å². The standard InChI is InChI=1S/C11H11NO2S/c12-9(11(13)14)6-7-2-1-3-10-8(7)4-5-15-10/h1-5,9H,6,12H2,(H,13,14)/t9-/m0/s1. The Hall–Kier alpha value is -1.39. The van der Waals surface area contributed by atoms with E-state index in [9.17, 15) is 4.79 Å². The normalized spacial score (nSPS) is 12.9. The first kappa shape index (κ1) is 10.1. The van der Waals surface area contributed by atoms with E-state index in [1.165, 1.54) is 4.70 Å². The molecule has 1 atom stereocenters. The molecule has 0 aliphatic carbocycles. The third-order valence-electron chi connectivity index (χ3n) is 2.34. The summed E-state index contributed by atoms with van der Waals surface area (Å²) >= 11 is 1.65. The molecule has 1 heterocycles. The van der Waals surface area contributed by atoms with Crippen molar-refractivity contribution in [1.29, 1.82) is 0 Å². The predicted molar refractivity (Wildman–Crippen MR) is 61.1 cm³/mol. The average molecular weight is 221 g/mol. The van der Waals surface area contributed by atoms with Crippen molar-refractivity contribution in [2.24, 2.45) is 5.73 Å². The molecule has 0 fully saturated rings.